The van der Waals surface area contributed by atoms with Crippen LogP contribution in [0.25, 0.3) is 0 Å². The molecule has 0 aromatic carbocycles. The van der Waals surface area contributed by atoms with Crippen molar-refractivity contribution in [1.29, 1.82) is 0 Å². The molecule has 1 fully saturated rings. The minimum atomic E-state index is -4.48. The lowest BCUT2D eigenvalue weighted by Crippen LogP contribution is -2.50. The van der Waals surface area contributed by atoms with Crippen LogP contribution in [0.4, 0.5) is 19.0 Å². The van der Waals surface area contributed by atoms with Gasteiger partial charge in [0.25, 0.3) is 0 Å². The second-order valence-corrected chi connectivity index (χ2v) is 5.90. The van der Waals surface area contributed by atoms with Crippen molar-refractivity contribution in [1.82, 2.24) is 24.6 Å². The Morgan fingerprint density at radius 1 is 1.24 bits per heavy atom. The van der Waals surface area contributed by atoms with Gasteiger partial charge in [-0.25, -0.2) is 14.6 Å². The van der Waals surface area contributed by atoms with E-state index in [1.807, 2.05) is 0 Å². The molecule has 0 saturated carbocycles. The zero-order chi connectivity index (χ0) is 18.0. The van der Waals surface area contributed by atoms with Crippen LogP contribution in [0.3, 0.4) is 0 Å². The van der Waals surface area contributed by atoms with Crippen LogP contribution in [0.2, 0.25) is 5.02 Å². The van der Waals surface area contributed by atoms with Gasteiger partial charge < -0.3 is 9.80 Å². The summed E-state index contributed by atoms with van der Waals surface area (Å²) < 4.78 is 39.4. The van der Waals surface area contributed by atoms with Crippen molar-refractivity contribution in [3.8, 4) is 0 Å². The van der Waals surface area contributed by atoms with Crippen molar-refractivity contribution in [2.45, 2.75) is 12.7 Å². The number of anilines is 1. The molecule has 0 bridgehead atoms. The maximum Gasteiger partial charge on any atom is 0.417 e. The number of alkyl halides is 3. The van der Waals surface area contributed by atoms with Gasteiger partial charge in [0.1, 0.15) is 25.0 Å². The van der Waals surface area contributed by atoms with Crippen molar-refractivity contribution in [2.75, 3.05) is 31.1 Å². The number of rotatable bonds is 3. The van der Waals surface area contributed by atoms with Crippen molar-refractivity contribution in [2.24, 2.45) is 0 Å². The average Bonchev–Trinajstić information content (AvgIpc) is 3.07. The second-order valence-electron chi connectivity index (χ2n) is 5.49. The molecule has 0 radical (unpaired) electrons. The molecule has 0 spiro atoms. The van der Waals surface area contributed by atoms with Gasteiger partial charge in [0.15, 0.2) is 0 Å². The molecule has 3 heterocycles. The Bertz CT molecular complexity index is 744. The average molecular weight is 375 g/mol. The SMILES string of the molecule is O=C(Cn1cncn1)N1CCN(c2ncc(C(F)(F)F)cc2Cl)CC1. The number of hydrogen-bond donors (Lipinski definition) is 0. The minimum absolute atomic E-state index is 0.0581. The van der Waals surface area contributed by atoms with E-state index in [0.717, 1.165) is 12.3 Å². The molecule has 0 atom stereocenters. The van der Waals surface area contributed by atoms with E-state index in [-0.39, 0.29) is 23.3 Å². The molecule has 3 rings (SSSR count). The fourth-order valence-corrected chi connectivity index (χ4v) is 2.82. The van der Waals surface area contributed by atoms with E-state index in [1.54, 1.807) is 9.80 Å². The first-order chi connectivity index (χ1) is 11.8. The highest BCUT2D eigenvalue weighted by molar-refractivity contribution is 6.33. The quantitative estimate of drug-likeness (QED) is 0.818. The molecule has 1 aliphatic rings. The van der Waals surface area contributed by atoms with Crippen molar-refractivity contribution < 1.29 is 18.0 Å². The Hall–Kier alpha value is -2.36. The summed E-state index contributed by atoms with van der Waals surface area (Å²) in [6, 6.07) is 0.867. The number of aromatic nitrogens is 4. The Labute approximate surface area is 146 Å². The molecule has 0 unspecified atom stereocenters. The number of carbonyl (C=O) groups is 1. The molecular weight excluding hydrogens is 361 g/mol. The summed E-state index contributed by atoms with van der Waals surface area (Å²) in [5.41, 5.74) is -0.886. The van der Waals surface area contributed by atoms with Crippen molar-refractivity contribution >= 4 is 23.3 Å². The van der Waals surface area contributed by atoms with Gasteiger partial charge in [0.2, 0.25) is 5.91 Å². The van der Waals surface area contributed by atoms with Crippen LogP contribution in [-0.2, 0) is 17.5 Å². The van der Waals surface area contributed by atoms with Gasteiger partial charge in [-0.05, 0) is 6.07 Å². The molecule has 11 heteroatoms. The number of nitrogens with zero attached hydrogens (tertiary/aromatic N) is 6. The van der Waals surface area contributed by atoms with E-state index in [0.29, 0.717) is 26.2 Å². The number of carbonyl (C=O) groups excluding carboxylic acids is 1. The second kappa shape index (κ2) is 6.87. The molecule has 7 nitrogen and oxygen atoms in total. The van der Waals surface area contributed by atoms with Crippen LogP contribution in [0.1, 0.15) is 5.56 Å². The highest BCUT2D eigenvalue weighted by atomic mass is 35.5. The van der Waals surface area contributed by atoms with Gasteiger partial charge in [0, 0.05) is 32.4 Å². The first kappa shape index (κ1) is 17.5. The van der Waals surface area contributed by atoms with Gasteiger partial charge in [-0.3, -0.25) is 4.79 Å². The maximum atomic E-state index is 12.7. The van der Waals surface area contributed by atoms with Crippen LogP contribution in [0.5, 0.6) is 0 Å². The smallest absolute Gasteiger partial charge is 0.352 e. The third-order valence-corrected chi connectivity index (χ3v) is 4.12. The molecule has 2 aromatic rings. The standard InChI is InChI=1S/C14H14ClF3N6O/c15-11-5-10(14(16,17)18)6-20-13(11)23-3-1-22(2-4-23)12(25)7-24-9-19-8-21-24/h5-6,8-9H,1-4,7H2. The number of halogens is 4. The summed E-state index contributed by atoms with van der Waals surface area (Å²) in [7, 11) is 0. The molecule has 1 aliphatic heterocycles. The Morgan fingerprint density at radius 2 is 1.96 bits per heavy atom. The number of piperazine rings is 1. The van der Waals surface area contributed by atoms with Crippen molar-refractivity contribution in [3.05, 3.63) is 35.5 Å². The van der Waals surface area contributed by atoms with E-state index in [1.165, 1.54) is 17.3 Å². The molecule has 25 heavy (non-hydrogen) atoms. The first-order valence-corrected chi connectivity index (χ1v) is 7.80. The molecule has 1 saturated heterocycles. The van der Waals surface area contributed by atoms with Gasteiger partial charge in [-0.2, -0.15) is 18.3 Å². The normalized spacial score (nSPS) is 15.5. The van der Waals surface area contributed by atoms with E-state index >= 15 is 0 Å². The van der Waals surface area contributed by atoms with E-state index < -0.39 is 11.7 Å². The summed E-state index contributed by atoms with van der Waals surface area (Å²) in [6.45, 7) is 1.81. The molecule has 134 valence electrons. The van der Waals surface area contributed by atoms with E-state index in [9.17, 15) is 18.0 Å². The first-order valence-electron chi connectivity index (χ1n) is 7.42. The van der Waals surface area contributed by atoms with Gasteiger partial charge in [-0.1, -0.05) is 11.6 Å². The summed E-state index contributed by atoms with van der Waals surface area (Å²) in [6.07, 6.45) is -0.908. The van der Waals surface area contributed by atoms with Gasteiger partial charge in [-0.15, -0.1) is 0 Å². The van der Waals surface area contributed by atoms with Gasteiger partial charge >= 0.3 is 6.18 Å². The summed E-state index contributed by atoms with van der Waals surface area (Å²) in [4.78, 5) is 23.2. The molecule has 2 aromatic heterocycles. The molecular formula is C14H14ClF3N6O. The molecule has 1 amide bonds. The van der Waals surface area contributed by atoms with Crippen molar-refractivity contribution in [3.63, 3.8) is 0 Å². The maximum absolute atomic E-state index is 12.7. The Kier molecular flexibility index (Phi) is 4.80. The lowest BCUT2D eigenvalue weighted by atomic mass is 10.2. The van der Waals surface area contributed by atoms with E-state index in [4.69, 9.17) is 11.6 Å². The summed E-state index contributed by atoms with van der Waals surface area (Å²) >= 11 is 5.96. The largest absolute Gasteiger partial charge is 0.417 e. The third kappa shape index (κ3) is 4.01. The number of hydrogen-bond acceptors (Lipinski definition) is 5. The predicted molar refractivity (Wildman–Crippen MR) is 83.1 cm³/mol. The summed E-state index contributed by atoms with van der Waals surface area (Å²) in [5, 5.41) is 3.82. The van der Waals surface area contributed by atoms with Crippen LogP contribution in [0, 0.1) is 0 Å². The fourth-order valence-electron chi connectivity index (χ4n) is 2.54. The third-order valence-electron chi connectivity index (χ3n) is 3.84. The highest BCUT2D eigenvalue weighted by Crippen LogP contribution is 2.33. The topological polar surface area (TPSA) is 67.2 Å². The fraction of sp³-hybridized carbons (Fsp3) is 0.429. The van der Waals surface area contributed by atoms with Crippen LogP contribution < -0.4 is 4.90 Å². The monoisotopic (exact) mass is 374 g/mol. The zero-order valence-electron chi connectivity index (χ0n) is 12.9. The summed E-state index contributed by atoms with van der Waals surface area (Å²) in [5.74, 6) is 0.190. The Morgan fingerprint density at radius 3 is 2.52 bits per heavy atom. The molecule has 0 N–H and O–H groups in total. The van der Waals surface area contributed by atoms with Crippen LogP contribution in [0.15, 0.2) is 24.9 Å². The Balaban J connectivity index is 1.61. The predicted octanol–water partition coefficient (Wildman–Crippen LogP) is 1.69. The molecule has 0 aliphatic carbocycles. The van der Waals surface area contributed by atoms with Gasteiger partial charge in [0.05, 0.1) is 10.6 Å². The number of amides is 1. The van der Waals surface area contributed by atoms with Crippen LogP contribution >= 0.6 is 11.6 Å². The lowest BCUT2D eigenvalue weighted by molar-refractivity contribution is -0.138. The number of pyridine rings is 1. The minimum Gasteiger partial charge on any atom is -0.352 e. The lowest BCUT2D eigenvalue weighted by Gasteiger charge is -2.35. The van der Waals surface area contributed by atoms with Crippen LogP contribution in [-0.4, -0.2) is 56.7 Å². The zero-order valence-corrected chi connectivity index (χ0v) is 13.7. The van der Waals surface area contributed by atoms with E-state index in [2.05, 4.69) is 15.1 Å². The highest BCUT2D eigenvalue weighted by Gasteiger charge is 2.32.